The number of aromatic hydroxyl groups is 3. The molecule has 0 bridgehead atoms. The lowest BCUT2D eigenvalue weighted by molar-refractivity contribution is 0.123. The predicted molar refractivity (Wildman–Crippen MR) is 117 cm³/mol. The van der Waals surface area contributed by atoms with Crippen LogP contribution in [0.25, 0.3) is 22.3 Å². The van der Waals surface area contributed by atoms with E-state index in [9.17, 15) is 20.1 Å². The van der Waals surface area contributed by atoms with Gasteiger partial charge < -0.3 is 24.6 Å². The molecule has 3 N–H and O–H groups in total. The van der Waals surface area contributed by atoms with Crippen LogP contribution in [0.2, 0.25) is 0 Å². The summed E-state index contributed by atoms with van der Waals surface area (Å²) < 4.78 is 6.05. The van der Waals surface area contributed by atoms with E-state index in [0.717, 1.165) is 38.2 Å². The quantitative estimate of drug-likeness (QED) is 0.581. The Balaban J connectivity index is 1.52. The van der Waals surface area contributed by atoms with E-state index < -0.39 is 0 Å². The number of hydrogen-bond donors (Lipinski definition) is 3. The Labute approximate surface area is 179 Å². The molecule has 3 aromatic rings. The zero-order chi connectivity index (χ0) is 21.5. The van der Waals surface area contributed by atoms with Gasteiger partial charge in [-0.2, -0.15) is 0 Å². The Kier molecular flexibility index (Phi) is 5.08. The van der Waals surface area contributed by atoms with Crippen LogP contribution in [0.4, 0.5) is 0 Å². The summed E-state index contributed by atoms with van der Waals surface area (Å²) in [5.74, 6) is 0.902. The third-order valence-corrected chi connectivity index (χ3v) is 6.24. The van der Waals surface area contributed by atoms with E-state index in [-0.39, 0.29) is 33.6 Å². The summed E-state index contributed by atoms with van der Waals surface area (Å²) in [5, 5.41) is 29.9. The van der Waals surface area contributed by atoms with Crippen molar-refractivity contribution in [2.24, 2.45) is 5.92 Å². The number of rotatable bonds is 5. The highest BCUT2D eigenvalue weighted by atomic mass is 16.3. The predicted octanol–water partition coefficient (Wildman–Crippen LogP) is 3.10. The van der Waals surface area contributed by atoms with E-state index >= 15 is 0 Å². The molecule has 0 atom stereocenters. The second-order valence-corrected chi connectivity index (χ2v) is 8.64. The molecule has 0 unspecified atom stereocenters. The molecular weight excluding hydrogens is 396 g/mol. The molecular formula is C24H26N2O5. The van der Waals surface area contributed by atoms with E-state index in [1.165, 1.54) is 25.5 Å². The number of benzene rings is 2. The van der Waals surface area contributed by atoms with Gasteiger partial charge in [0.15, 0.2) is 0 Å². The summed E-state index contributed by atoms with van der Waals surface area (Å²) in [6, 6.07) is 8.96. The highest BCUT2D eigenvalue weighted by Gasteiger charge is 2.27. The van der Waals surface area contributed by atoms with E-state index in [1.807, 2.05) is 0 Å². The first-order valence-electron chi connectivity index (χ1n) is 10.7. The van der Waals surface area contributed by atoms with E-state index in [0.29, 0.717) is 23.4 Å². The number of piperazine rings is 1. The molecule has 2 heterocycles. The van der Waals surface area contributed by atoms with Crippen molar-refractivity contribution in [2.75, 3.05) is 32.7 Å². The molecule has 7 heteroatoms. The molecule has 1 saturated heterocycles. The Bertz CT molecular complexity index is 1160. The smallest absolute Gasteiger partial charge is 0.201 e. The third kappa shape index (κ3) is 4.11. The lowest BCUT2D eigenvalue weighted by Gasteiger charge is -2.34. The van der Waals surface area contributed by atoms with Gasteiger partial charge in [0, 0.05) is 57.0 Å². The molecule has 1 saturated carbocycles. The number of phenols is 3. The van der Waals surface area contributed by atoms with E-state index in [2.05, 4.69) is 9.80 Å². The minimum absolute atomic E-state index is 0.0719. The molecule has 162 valence electrons. The van der Waals surface area contributed by atoms with Crippen molar-refractivity contribution in [3.8, 4) is 28.6 Å². The normalized spacial score (nSPS) is 17.9. The maximum absolute atomic E-state index is 13.4. The largest absolute Gasteiger partial charge is 0.508 e. The third-order valence-electron chi connectivity index (χ3n) is 6.24. The average molecular weight is 422 g/mol. The van der Waals surface area contributed by atoms with Gasteiger partial charge in [-0.25, -0.2) is 0 Å². The van der Waals surface area contributed by atoms with Gasteiger partial charge in [0.2, 0.25) is 5.43 Å². The highest BCUT2D eigenvalue weighted by Crippen LogP contribution is 2.34. The number of nitrogens with zero attached hydrogens (tertiary/aromatic N) is 2. The molecule has 5 rings (SSSR count). The average Bonchev–Trinajstić information content (AvgIpc) is 3.55. The summed E-state index contributed by atoms with van der Waals surface area (Å²) in [5.41, 5.74) is 0.947. The van der Waals surface area contributed by atoms with Gasteiger partial charge in [-0.3, -0.25) is 9.69 Å². The second-order valence-electron chi connectivity index (χ2n) is 8.64. The molecule has 1 aromatic heterocycles. The fraction of sp³-hybridized carbons (Fsp3) is 0.375. The maximum atomic E-state index is 13.4. The van der Waals surface area contributed by atoms with E-state index in [1.54, 1.807) is 24.3 Å². The van der Waals surface area contributed by atoms with Crippen LogP contribution in [-0.4, -0.2) is 57.8 Å². The molecule has 1 aliphatic heterocycles. The maximum Gasteiger partial charge on any atom is 0.201 e. The van der Waals surface area contributed by atoms with Crippen molar-refractivity contribution in [1.82, 2.24) is 9.80 Å². The minimum Gasteiger partial charge on any atom is -0.508 e. The van der Waals surface area contributed by atoms with Crippen LogP contribution in [-0.2, 0) is 6.54 Å². The van der Waals surface area contributed by atoms with Crippen LogP contribution in [0.15, 0.2) is 45.6 Å². The molecule has 1 aliphatic carbocycles. The monoisotopic (exact) mass is 422 g/mol. The van der Waals surface area contributed by atoms with Crippen molar-refractivity contribution in [3.05, 3.63) is 52.2 Å². The van der Waals surface area contributed by atoms with Gasteiger partial charge in [0.25, 0.3) is 0 Å². The highest BCUT2D eigenvalue weighted by molar-refractivity contribution is 5.87. The van der Waals surface area contributed by atoms with Crippen molar-refractivity contribution in [1.29, 1.82) is 0 Å². The van der Waals surface area contributed by atoms with Crippen LogP contribution in [0, 0.1) is 5.92 Å². The first kappa shape index (κ1) is 19.9. The first-order valence-corrected chi connectivity index (χ1v) is 10.7. The van der Waals surface area contributed by atoms with Crippen LogP contribution >= 0.6 is 0 Å². The molecule has 0 radical (unpaired) electrons. The van der Waals surface area contributed by atoms with Crippen LogP contribution < -0.4 is 5.43 Å². The molecule has 7 nitrogen and oxygen atoms in total. The minimum atomic E-state index is -0.303. The number of fused-ring (bicyclic) bond motifs is 1. The van der Waals surface area contributed by atoms with Gasteiger partial charge in [0.05, 0.1) is 5.56 Å². The Morgan fingerprint density at radius 2 is 1.58 bits per heavy atom. The Morgan fingerprint density at radius 1 is 0.903 bits per heavy atom. The zero-order valence-electron chi connectivity index (χ0n) is 17.3. The van der Waals surface area contributed by atoms with E-state index in [4.69, 9.17) is 4.42 Å². The summed E-state index contributed by atoms with van der Waals surface area (Å²) in [4.78, 5) is 18.2. The number of phenolic OH excluding ortho intramolecular Hbond substituents is 3. The molecule has 2 fully saturated rings. The van der Waals surface area contributed by atoms with Crippen LogP contribution in [0.5, 0.6) is 17.2 Å². The summed E-state index contributed by atoms with van der Waals surface area (Å²) in [6.45, 7) is 5.25. The fourth-order valence-corrected chi connectivity index (χ4v) is 4.33. The Morgan fingerprint density at radius 3 is 2.26 bits per heavy atom. The van der Waals surface area contributed by atoms with Crippen molar-refractivity contribution < 1.29 is 19.7 Å². The number of hydrogen-bond acceptors (Lipinski definition) is 7. The van der Waals surface area contributed by atoms with Crippen LogP contribution in [0.3, 0.4) is 0 Å². The zero-order valence-corrected chi connectivity index (χ0v) is 17.3. The molecule has 2 aliphatic rings. The van der Waals surface area contributed by atoms with Gasteiger partial charge >= 0.3 is 0 Å². The van der Waals surface area contributed by atoms with Crippen molar-refractivity contribution >= 4 is 11.0 Å². The van der Waals surface area contributed by atoms with Gasteiger partial charge in [0.1, 0.15) is 34.0 Å². The SMILES string of the molecule is O=c1c(CN2CCN(CC3CC3)CC2)c(-c2ccc(O)cc2)oc2cc(O)cc(O)c12. The summed E-state index contributed by atoms with van der Waals surface area (Å²) in [7, 11) is 0. The first-order chi connectivity index (χ1) is 15.0. The lowest BCUT2D eigenvalue weighted by atomic mass is 10.0. The standard InChI is InChI=1S/C24H26N2O5/c27-17-5-3-16(4-6-17)24-19(14-26-9-7-25(8-10-26)13-15-1-2-15)23(30)22-20(29)11-18(28)12-21(22)31-24/h3-6,11-12,15,27-29H,1-2,7-10,13-14H2. The molecule has 2 aromatic carbocycles. The molecule has 0 amide bonds. The van der Waals surface area contributed by atoms with Crippen molar-refractivity contribution in [3.63, 3.8) is 0 Å². The van der Waals surface area contributed by atoms with Crippen molar-refractivity contribution in [2.45, 2.75) is 19.4 Å². The Hall–Kier alpha value is -3.03. The topological polar surface area (TPSA) is 97.4 Å². The van der Waals surface area contributed by atoms with Gasteiger partial charge in [-0.15, -0.1) is 0 Å². The summed E-state index contributed by atoms with van der Waals surface area (Å²) >= 11 is 0. The lowest BCUT2D eigenvalue weighted by Crippen LogP contribution is -2.46. The fourth-order valence-electron chi connectivity index (χ4n) is 4.33. The summed E-state index contributed by atoms with van der Waals surface area (Å²) in [6.07, 6.45) is 2.68. The molecule has 31 heavy (non-hydrogen) atoms. The van der Waals surface area contributed by atoms with Gasteiger partial charge in [-0.1, -0.05) is 0 Å². The molecule has 0 spiro atoms. The van der Waals surface area contributed by atoms with Gasteiger partial charge in [-0.05, 0) is 43.0 Å². The second kappa shape index (κ2) is 7.90. The van der Waals surface area contributed by atoms with Crippen LogP contribution in [0.1, 0.15) is 18.4 Å².